The molecule has 19 heavy (non-hydrogen) atoms. The number of H-pyrrole nitrogens is 1. The summed E-state index contributed by atoms with van der Waals surface area (Å²) in [4.78, 5) is 15.0. The summed E-state index contributed by atoms with van der Waals surface area (Å²) in [6, 6.07) is 5.77. The van der Waals surface area contributed by atoms with E-state index in [-0.39, 0.29) is 5.91 Å². The average Bonchev–Trinajstić information content (AvgIpc) is 2.90. The van der Waals surface area contributed by atoms with Gasteiger partial charge in [-0.05, 0) is 36.7 Å². The molecule has 0 aliphatic carbocycles. The molecular formula is C15H17N3O. The van der Waals surface area contributed by atoms with Crippen LogP contribution in [0, 0.1) is 0 Å². The van der Waals surface area contributed by atoms with Crippen molar-refractivity contribution >= 4 is 22.4 Å². The summed E-state index contributed by atoms with van der Waals surface area (Å²) in [5.74, 6) is -0.0478. The van der Waals surface area contributed by atoms with Gasteiger partial charge in [0, 0.05) is 41.8 Å². The molecule has 0 atom stereocenters. The number of amides is 1. The van der Waals surface area contributed by atoms with Gasteiger partial charge in [0.1, 0.15) is 0 Å². The maximum absolute atomic E-state index is 11.7. The van der Waals surface area contributed by atoms with E-state index in [9.17, 15) is 4.79 Å². The third kappa shape index (κ3) is 2.15. The zero-order valence-corrected chi connectivity index (χ0v) is 10.9. The van der Waals surface area contributed by atoms with Crippen molar-refractivity contribution in [1.82, 2.24) is 15.6 Å². The minimum atomic E-state index is -0.0478. The molecule has 0 fully saturated rings. The minimum absolute atomic E-state index is 0.0478. The zero-order valence-electron chi connectivity index (χ0n) is 10.9. The Labute approximate surface area is 111 Å². The predicted molar refractivity (Wildman–Crippen MR) is 77.2 cm³/mol. The van der Waals surface area contributed by atoms with Gasteiger partial charge >= 0.3 is 0 Å². The summed E-state index contributed by atoms with van der Waals surface area (Å²) in [5, 5.41) is 7.10. The van der Waals surface area contributed by atoms with E-state index in [0.717, 1.165) is 30.4 Å². The highest BCUT2D eigenvalue weighted by molar-refractivity contribution is 6.01. The maximum Gasteiger partial charge on any atom is 0.251 e. The van der Waals surface area contributed by atoms with E-state index in [4.69, 9.17) is 0 Å². The number of benzene rings is 1. The molecule has 0 unspecified atom stereocenters. The van der Waals surface area contributed by atoms with Crippen LogP contribution < -0.4 is 10.6 Å². The topological polar surface area (TPSA) is 56.9 Å². The molecule has 4 heteroatoms. The summed E-state index contributed by atoms with van der Waals surface area (Å²) < 4.78 is 0. The van der Waals surface area contributed by atoms with Crippen LogP contribution >= 0.6 is 0 Å². The van der Waals surface area contributed by atoms with Crippen LogP contribution in [-0.4, -0.2) is 31.0 Å². The largest absolute Gasteiger partial charge is 0.361 e. The van der Waals surface area contributed by atoms with Crippen LogP contribution in [-0.2, 0) is 0 Å². The second-order valence-corrected chi connectivity index (χ2v) is 4.73. The highest BCUT2D eigenvalue weighted by atomic mass is 16.1. The molecule has 4 nitrogen and oxygen atoms in total. The van der Waals surface area contributed by atoms with E-state index in [2.05, 4.69) is 21.7 Å². The van der Waals surface area contributed by atoms with Gasteiger partial charge in [0.2, 0.25) is 0 Å². The predicted octanol–water partition coefficient (Wildman–Crippen LogP) is 1.90. The molecule has 0 saturated carbocycles. The number of rotatable bonds is 2. The fourth-order valence-electron chi connectivity index (χ4n) is 2.54. The Balaban J connectivity index is 2.10. The number of aromatic nitrogens is 1. The minimum Gasteiger partial charge on any atom is -0.361 e. The molecule has 0 saturated heterocycles. The van der Waals surface area contributed by atoms with Gasteiger partial charge in [0.25, 0.3) is 5.91 Å². The zero-order chi connectivity index (χ0) is 13.2. The van der Waals surface area contributed by atoms with Crippen molar-refractivity contribution in [2.24, 2.45) is 0 Å². The van der Waals surface area contributed by atoms with Gasteiger partial charge in [-0.25, -0.2) is 0 Å². The second-order valence-electron chi connectivity index (χ2n) is 4.73. The van der Waals surface area contributed by atoms with Gasteiger partial charge in [0.15, 0.2) is 0 Å². The summed E-state index contributed by atoms with van der Waals surface area (Å²) >= 11 is 0. The van der Waals surface area contributed by atoms with Crippen molar-refractivity contribution in [2.75, 3.05) is 20.1 Å². The number of aromatic amines is 1. The van der Waals surface area contributed by atoms with Gasteiger partial charge in [-0.15, -0.1) is 0 Å². The van der Waals surface area contributed by atoms with Gasteiger partial charge in [0.05, 0.1) is 0 Å². The van der Waals surface area contributed by atoms with E-state index >= 15 is 0 Å². The second kappa shape index (κ2) is 4.90. The third-order valence-corrected chi connectivity index (χ3v) is 3.58. The van der Waals surface area contributed by atoms with Crippen molar-refractivity contribution in [2.45, 2.75) is 6.42 Å². The van der Waals surface area contributed by atoms with E-state index in [1.165, 1.54) is 11.1 Å². The number of fused-ring (bicyclic) bond motifs is 1. The Kier molecular flexibility index (Phi) is 3.09. The standard InChI is InChI=1S/C15H17N3O/c1-16-15(19)11-2-3-14-12(8-11)13(9-18-14)10-4-6-17-7-5-10/h2-4,8-9,17-18H,5-7H2,1H3,(H,16,19). The molecule has 1 aromatic heterocycles. The van der Waals surface area contributed by atoms with E-state index < -0.39 is 0 Å². The molecular weight excluding hydrogens is 238 g/mol. The molecule has 2 aromatic rings. The Hall–Kier alpha value is -2.07. The van der Waals surface area contributed by atoms with Crippen molar-refractivity contribution < 1.29 is 4.79 Å². The molecule has 1 aliphatic rings. The van der Waals surface area contributed by atoms with Crippen LogP contribution in [0.1, 0.15) is 22.3 Å². The van der Waals surface area contributed by atoms with Crippen molar-refractivity contribution in [3.8, 4) is 0 Å². The number of hydrogen-bond acceptors (Lipinski definition) is 2. The SMILES string of the molecule is CNC(=O)c1ccc2[nH]cc(C3=CCNCC3)c2c1. The number of hydrogen-bond donors (Lipinski definition) is 3. The first kappa shape index (κ1) is 12.0. The van der Waals surface area contributed by atoms with Crippen LogP contribution in [0.3, 0.4) is 0 Å². The molecule has 1 aromatic carbocycles. The Morgan fingerprint density at radius 3 is 3.00 bits per heavy atom. The normalized spacial score (nSPS) is 15.3. The molecule has 98 valence electrons. The Morgan fingerprint density at radius 2 is 2.26 bits per heavy atom. The van der Waals surface area contributed by atoms with E-state index in [1.807, 2.05) is 24.4 Å². The first-order chi connectivity index (χ1) is 9.29. The number of nitrogens with one attached hydrogen (secondary N) is 3. The summed E-state index contributed by atoms with van der Waals surface area (Å²) in [6.07, 6.45) is 5.28. The monoisotopic (exact) mass is 255 g/mol. The van der Waals surface area contributed by atoms with Gasteiger partial charge in [-0.2, -0.15) is 0 Å². The van der Waals surface area contributed by atoms with E-state index in [0.29, 0.717) is 5.56 Å². The highest BCUT2D eigenvalue weighted by Gasteiger charge is 2.12. The molecule has 0 spiro atoms. The van der Waals surface area contributed by atoms with Crippen LogP contribution in [0.4, 0.5) is 0 Å². The molecule has 0 bridgehead atoms. The highest BCUT2D eigenvalue weighted by Crippen LogP contribution is 2.28. The van der Waals surface area contributed by atoms with Crippen LogP contribution in [0.5, 0.6) is 0 Å². The lowest BCUT2D eigenvalue weighted by Gasteiger charge is -2.13. The van der Waals surface area contributed by atoms with Gasteiger partial charge in [-0.1, -0.05) is 6.08 Å². The molecule has 3 N–H and O–H groups in total. The fraction of sp³-hybridized carbons (Fsp3) is 0.267. The van der Waals surface area contributed by atoms with Crippen LogP contribution in [0.15, 0.2) is 30.5 Å². The quantitative estimate of drug-likeness (QED) is 0.767. The molecule has 3 rings (SSSR count). The van der Waals surface area contributed by atoms with Crippen LogP contribution in [0.25, 0.3) is 16.5 Å². The van der Waals surface area contributed by atoms with Crippen LogP contribution in [0.2, 0.25) is 0 Å². The molecule has 1 amide bonds. The van der Waals surface area contributed by atoms with Crippen molar-refractivity contribution in [1.29, 1.82) is 0 Å². The lowest BCUT2D eigenvalue weighted by atomic mass is 9.98. The summed E-state index contributed by atoms with van der Waals surface area (Å²) in [7, 11) is 1.65. The molecule has 1 aliphatic heterocycles. The fourth-order valence-corrected chi connectivity index (χ4v) is 2.54. The lowest BCUT2D eigenvalue weighted by Crippen LogP contribution is -2.20. The average molecular weight is 255 g/mol. The Bertz CT molecular complexity index is 654. The molecule has 2 heterocycles. The first-order valence-corrected chi connectivity index (χ1v) is 6.53. The third-order valence-electron chi connectivity index (χ3n) is 3.58. The van der Waals surface area contributed by atoms with Gasteiger partial charge in [-0.3, -0.25) is 4.79 Å². The summed E-state index contributed by atoms with van der Waals surface area (Å²) in [5.41, 5.74) is 4.33. The maximum atomic E-state index is 11.7. The lowest BCUT2D eigenvalue weighted by molar-refractivity contribution is 0.0963. The number of carbonyl (C=O) groups is 1. The first-order valence-electron chi connectivity index (χ1n) is 6.53. The Morgan fingerprint density at radius 1 is 1.37 bits per heavy atom. The van der Waals surface area contributed by atoms with E-state index in [1.54, 1.807) is 7.05 Å². The van der Waals surface area contributed by atoms with Gasteiger partial charge < -0.3 is 15.6 Å². The smallest absolute Gasteiger partial charge is 0.251 e. The molecule has 0 radical (unpaired) electrons. The summed E-state index contributed by atoms with van der Waals surface area (Å²) in [6.45, 7) is 1.92. The number of carbonyl (C=O) groups excluding carboxylic acids is 1. The van der Waals surface area contributed by atoms with Crippen molar-refractivity contribution in [3.05, 3.63) is 41.6 Å². The van der Waals surface area contributed by atoms with Crippen molar-refractivity contribution in [3.63, 3.8) is 0 Å².